The van der Waals surface area contributed by atoms with Crippen LogP contribution in [0.25, 0.3) is 6.08 Å². The zero-order valence-corrected chi connectivity index (χ0v) is 8.95. The lowest BCUT2D eigenvalue weighted by atomic mass is 10.2. The minimum atomic E-state index is 0.531. The Morgan fingerprint density at radius 3 is 2.29 bits per heavy atom. The Balaban J connectivity index is 0.000000153. The van der Waals surface area contributed by atoms with Gasteiger partial charge in [0, 0.05) is 5.56 Å². The minimum Gasteiger partial charge on any atom is -0.383 e. The maximum absolute atomic E-state index is 5.47. The van der Waals surface area contributed by atoms with Gasteiger partial charge in [0.15, 0.2) is 5.75 Å². The van der Waals surface area contributed by atoms with Gasteiger partial charge in [-0.1, -0.05) is 18.2 Å². The summed E-state index contributed by atoms with van der Waals surface area (Å²) >= 11 is 0. The summed E-state index contributed by atoms with van der Waals surface area (Å²) in [4.78, 5) is 15.8. The third-order valence-corrected chi connectivity index (χ3v) is 1.91. The van der Waals surface area contributed by atoms with Gasteiger partial charge >= 0.3 is 0 Å². The molecule has 3 rings (SSSR count). The van der Waals surface area contributed by atoms with Crippen LogP contribution in [0.1, 0.15) is 5.56 Å². The highest BCUT2D eigenvalue weighted by Crippen LogP contribution is 2.21. The van der Waals surface area contributed by atoms with Crippen LogP contribution in [0.5, 0.6) is 5.75 Å². The molecule has 2 heterocycles. The first-order valence-electron chi connectivity index (χ1n) is 4.90. The van der Waals surface area contributed by atoms with Gasteiger partial charge in [-0.25, -0.2) is 20.4 Å². The summed E-state index contributed by atoms with van der Waals surface area (Å²) in [5.74, 6) is 1.34. The van der Waals surface area contributed by atoms with E-state index in [0.717, 1.165) is 11.3 Å². The van der Waals surface area contributed by atoms with Crippen LogP contribution in [0.2, 0.25) is 0 Å². The highest BCUT2D eigenvalue weighted by molar-refractivity contribution is 5.60. The van der Waals surface area contributed by atoms with E-state index in [0.29, 0.717) is 5.82 Å². The molecule has 0 atom stereocenters. The molecule has 0 amide bonds. The van der Waals surface area contributed by atoms with Crippen LogP contribution in [-0.2, 0) is 0 Å². The molecule has 0 radical (unpaired) electrons. The second-order valence-corrected chi connectivity index (χ2v) is 3.14. The van der Waals surface area contributed by atoms with Crippen molar-refractivity contribution in [3.8, 4) is 5.75 Å². The summed E-state index contributed by atoms with van der Waals surface area (Å²) in [6, 6.07) is 7.68. The van der Waals surface area contributed by atoms with Gasteiger partial charge in [-0.3, -0.25) is 0 Å². The Morgan fingerprint density at radius 1 is 1.00 bits per heavy atom. The predicted octanol–water partition coefficient (Wildman–Crippen LogP) is 0.712. The Bertz CT molecular complexity index is 474. The van der Waals surface area contributed by atoms with E-state index in [-0.39, 0.29) is 0 Å². The van der Waals surface area contributed by atoms with Crippen molar-refractivity contribution in [2.24, 2.45) is 5.73 Å². The molecule has 86 valence electrons. The molecule has 0 saturated heterocycles. The molecule has 17 heavy (non-hydrogen) atoms. The van der Waals surface area contributed by atoms with Gasteiger partial charge < -0.3 is 10.6 Å². The first kappa shape index (κ1) is 10.9. The highest BCUT2D eigenvalue weighted by atomic mass is 16.6. The smallest absolute Gasteiger partial charge is 0.162 e. The zero-order chi connectivity index (χ0) is 11.9. The number of aromatic nitrogens is 3. The van der Waals surface area contributed by atoms with Crippen LogP contribution >= 0.6 is 0 Å². The molecule has 1 aliphatic rings. The van der Waals surface area contributed by atoms with Gasteiger partial charge in [-0.2, -0.15) is 0 Å². The molecule has 0 unspecified atom stereocenters. The van der Waals surface area contributed by atoms with Crippen molar-refractivity contribution >= 4 is 6.08 Å². The molecule has 3 N–H and O–H groups in total. The van der Waals surface area contributed by atoms with Crippen molar-refractivity contribution in [3.05, 3.63) is 54.6 Å². The topological polar surface area (TPSA) is 86.0 Å². The predicted molar refractivity (Wildman–Crippen MR) is 62.2 cm³/mol. The fraction of sp³-hybridized carbons (Fsp3) is 0. The normalized spacial score (nSPS) is 11.9. The SMILES string of the molecule is NC1=Cc2ccccc2ON1.c1ncncn1. The van der Waals surface area contributed by atoms with E-state index in [2.05, 4.69) is 20.4 Å². The van der Waals surface area contributed by atoms with Crippen molar-refractivity contribution in [1.82, 2.24) is 20.4 Å². The molecule has 2 aromatic rings. The lowest BCUT2D eigenvalue weighted by molar-refractivity contribution is 0.223. The number of nitrogens with zero attached hydrogens (tertiary/aromatic N) is 3. The molecule has 0 bridgehead atoms. The Labute approximate surface area is 98.1 Å². The summed E-state index contributed by atoms with van der Waals surface area (Å²) in [6.45, 7) is 0. The average molecular weight is 229 g/mol. The van der Waals surface area contributed by atoms with Gasteiger partial charge in [0.25, 0.3) is 0 Å². The lowest BCUT2D eigenvalue weighted by Crippen LogP contribution is -2.26. The summed E-state index contributed by atoms with van der Waals surface area (Å²) < 4.78 is 0. The van der Waals surface area contributed by atoms with Crippen LogP contribution in [0.3, 0.4) is 0 Å². The number of hydroxylamine groups is 1. The fourth-order valence-electron chi connectivity index (χ4n) is 1.21. The lowest BCUT2D eigenvalue weighted by Gasteiger charge is -2.15. The van der Waals surface area contributed by atoms with Crippen molar-refractivity contribution in [1.29, 1.82) is 0 Å². The summed E-state index contributed by atoms with van der Waals surface area (Å²) in [6.07, 6.45) is 6.14. The molecule has 0 saturated carbocycles. The van der Waals surface area contributed by atoms with Crippen LogP contribution in [0.15, 0.2) is 49.1 Å². The van der Waals surface area contributed by atoms with Crippen molar-refractivity contribution < 1.29 is 4.84 Å². The molecular weight excluding hydrogens is 218 g/mol. The van der Waals surface area contributed by atoms with E-state index >= 15 is 0 Å². The van der Waals surface area contributed by atoms with Gasteiger partial charge in [0.1, 0.15) is 24.8 Å². The Morgan fingerprint density at radius 2 is 1.65 bits per heavy atom. The zero-order valence-electron chi connectivity index (χ0n) is 8.95. The van der Waals surface area contributed by atoms with Crippen LogP contribution in [0, 0.1) is 0 Å². The third-order valence-electron chi connectivity index (χ3n) is 1.91. The average Bonchev–Trinajstić information content (AvgIpc) is 2.41. The molecular formula is C11H11N5O. The number of hydrogen-bond acceptors (Lipinski definition) is 6. The first-order valence-corrected chi connectivity index (χ1v) is 4.90. The molecule has 0 spiro atoms. The number of rotatable bonds is 0. The highest BCUT2D eigenvalue weighted by Gasteiger charge is 2.06. The van der Waals surface area contributed by atoms with Crippen LogP contribution in [-0.4, -0.2) is 15.0 Å². The number of para-hydroxylation sites is 1. The molecule has 1 aromatic carbocycles. The molecule has 6 heteroatoms. The van der Waals surface area contributed by atoms with Crippen LogP contribution < -0.4 is 16.1 Å². The number of benzene rings is 1. The van der Waals surface area contributed by atoms with E-state index in [4.69, 9.17) is 10.6 Å². The quantitative estimate of drug-likeness (QED) is 0.692. The van der Waals surface area contributed by atoms with Crippen molar-refractivity contribution in [3.63, 3.8) is 0 Å². The third kappa shape index (κ3) is 3.16. The first-order chi connectivity index (χ1) is 8.36. The van der Waals surface area contributed by atoms with E-state index < -0.39 is 0 Å². The van der Waals surface area contributed by atoms with Gasteiger partial charge in [-0.15, -0.1) is 0 Å². The second-order valence-electron chi connectivity index (χ2n) is 3.14. The number of nitrogens with two attached hydrogens (primary N) is 1. The standard InChI is InChI=1S/C8H8N2O.C3H3N3/c9-8-5-6-3-1-2-4-7(6)11-10-8;1-4-2-6-3-5-1/h1-5,10H,9H2;1-3H. The Hall–Kier alpha value is -2.63. The summed E-state index contributed by atoms with van der Waals surface area (Å²) in [5.41, 5.74) is 9.06. The number of hydrogen-bond donors (Lipinski definition) is 2. The summed E-state index contributed by atoms with van der Waals surface area (Å²) in [5, 5.41) is 0. The molecule has 6 nitrogen and oxygen atoms in total. The van der Waals surface area contributed by atoms with Gasteiger partial charge in [0.2, 0.25) is 0 Å². The van der Waals surface area contributed by atoms with E-state index in [1.54, 1.807) is 0 Å². The van der Waals surface area contributed by atoms with Gasteiger partial charge in [0.05, 0.1) is 0 Å². The molecule has 0 aliphatic carbocycles. The molecule has 1 aromatic heterocycles. The van der Waals surface area contributed by atoms with E-state index in [1.807, 2.05) is 30.3 Å². The van der Waals surface area contributed by atoms with Gasteiger partial charge in [-0.05, 0) is 12.1 Å². The Kier molecular flexibility index (Phi) is 3.49. The largest absolute Gasteiger partial charge is 0.383 e. The monoisotopic (exact) mass is 229 g/mol. The van der Waals surface area contributed by atoms with Crippen molar-refractivity contribution in [2.75, 3.05) is 0 Å². The number of fused-ring (bicyclic) bond motifs is 1. The number of nitrogens with one attached hydrogen (secondary N) is 1. The second kappa shape index (κ2) is 5.45. The van der Waals surface area contributed by atoms with Crippen LogP contribution in [0.4, 0.5) is 0 Å². The minimum absolute atomic E-state index is 0.531. The molecule has 0 fully saturated rings. The van der Waals surface area contributed by atoms with E-state index in [1.165, 1.54) is 19.0 Å². The molecule has 1 aliphatic heterocycles. The summed E-state index contributed by atoms with van der Waals surface area (Å²) in [7, 11) is 0. The maximum Gasteiger partial charge on any atom is 0.162 e. The fourth-order valence-corrected chi connectivity index (χ4v) is 1.21. The van der Waals surface area contributed by atoms with E-state index in [9.17, 15) is 0 Å². The van der Waals surface area contributed by atoms with Crippen molar-refractivity contribution in [2.45, 2.75) is 0 Å². The maximum atomic E-state index is 5.47.